The molecular formula is C16H15FeN. The Balaban J connectivity index is 0.000000230. The summed E-state index contributed by atoms with van der Waals surface area (Å²) in [5.74, 6) is 0. The summed E-state index contributed by atoms with van der Waals surface area (Å²) in [5, 5.41) is 0. The molecule has 0 atom stereocenters. The molecule has 1 aromatic heterocycles. The maximum Gasteiger partial charge on any atom is 2.00 e. The summed E-state index contributed by atoms with van der Waals surface area (Å²) < 4.78 is 0. The summed E-state index contributed by atoms with van der Waals surface area (Å²) in [4.78, 5) is 4.32. The normalized spacial score (nSPS) is 8.94. The molecule has 1 heterocycles. The number of hydrogen-bond donors (Lipinski definition) is 0. The van der Waals surface area contributed by atoms with Gasteiger partial charge in [0.05, 0.1) is 0 Å². The van der Waals surface area contributed by atoms with Crippen LogP contribution in [0.25, 0.3) is 11.3 Å². The summed E-state index contributed by atoms with van der Waals surface area (Å²) >= 11 is 0. The molecule has 0 unspecified atom stereocenters. The van der Waals surface area contributed by atoms with Crippen molar-refractivity contribution in [1.82, 2.24) is 4.98 Å². The van der Waals surface area contributed by atoms with Crippen molar-refractivity contribution in [3.8, 4) is 11.3 Å². The second-order valence-corrected chi connectivity index (χ2v) is 3.86. The van der Waals surface area contributed by atoms with E-state index in [2.05, 4.69) is 23.2 Å². The van der Waals surface area contributed by atoms with Crippen LogP contribution >= 0.6 is 0 Å². The van der Waals surface area contributed by atoms with E-state index in [0.717, 1.165) is 5.69 Å². The van der Waals surface area contributed by atoms with Crippen LogP contribution in [0.3, 0.4) is 0 Å². The summed E-state index contributed by atoms with van der Waals surface area (Å²) in [6.07, 6.45) is 1.89. The molecular weight excluding hydrogens is 262 g/mol. The van der Waals surface area contributed by atoms with Crippen molar-refractivity contribution >= 4 is 0 Å². The fraction of sp³-hybridized carbons (Fsp3) is 0.0625. The van der Waals surface area contributed by atoms with Gasteiger partial charge in [-0.3, -0.25) is 4.98 Å². The molecule has 0 N–H and O–H groups in total. The third-order valence-corrected chi connectivity index (χ3v) is 2.43. The molecule has 0 spiro atoms. The van der Waals surface area contributed by atoms with Gasteiger partial charge >= 0.3 is 17.1 Å². The van der Waals surface area contributed by atoms with Gasteiger partial charge in [-0.25, -0.2) is 12.1 Å². The Morgan fingerprint density at radius 1 is 1.00 bits per heavy atom. The molecule has 0 radical (unpaired) electrons. The Kier molecular flexibility index (Phi) is 6.13. The zero-order valence-electron chi connectivity index (χ0n) is 10.2. The summed E-state index contributed by atoms with van der Waals surface area (Å²) in [5.41, 5.74) is 3.44. The van der Waals surface area contributed by atoms with Crippen LogP contribution in [0.2, 0.25) is 0 Å². The van der Waals surface area contributed by atoms with Gasteiger partial charge in [-0.15, -0.1) is 18.2 Å². The van der Waals surface area contributed by atoms with Crippen LogP contribution < -0.4 is 0 Å². The smallest absolute Gasteiger partial charge is 0.276 e. The maximum atomic E-state index is 4.32. The van der Waals surface area contributed by atoms with E-state index in [1.54, 1.807) is 0 Å². The minimum atomic E-state index is 0. The van der Waals surface area contributed by atoms with Crippen LogP contribution in [0.4, 0.5) is 0 Å². The number of hydrogen-bond acceptors (Lipinski definition) is 1. The molecule has 2 aromatic carbocycles. The van der Waals surface area contributed by atoms with Crippen LogP contribution in [-0.4, -0.2) is 4.98 Å². The number of aromatic nitrogens is 1. The first-order chi connectivity index (χ1) is 8.36. The largest absolute Gasteiger partial charge is 2.00 e. The Morgan fingerprint density at radius 3 is 2.11 bits per heavy atom. The van der Waals surface area contributed by atoms with Crippen molar-refractivity contribution in [2.75, 3.05) is 0 Å². The van der Waals surface area contributed by atoms with Gasteiger partial charge < -0.3 is 0 Å². The molecule has 0 aliphatic carbocycles. The molecule has 18 heavy (non-hydrogen) atoms. The summed E-state index contributed by atoms with van der Waals surface area (Å²) in [7, 11) is 0. The van der Waals surface area contributed by atoms with E-state index in [1.807, 2.05) is 61.7 Å². The van der Waals surface area contributed by atoms with E-state index >= 15 is 0 Å². The maximum absolute atomic E-state index is 4.32. The van der Waals surface area contributed by atoms with Gasteiger partial charge in [-0.05, 0) is 18.2 Å². The zero-order chi connectivity index (χ0) is 11.9. The average Bonchev–Trinajstić information content (AvgIpc) is 3.06. The third-order valence-electron chi connectivity index (χ3n) is 2.43. The van der Waals surface area contributed by atoms with Crippen molar-refractivity contribution in [3.63, 3.8) is 0 Å². The monoisotopic (exact) mass is 277 g/mol. The van der Waals surface area contributed by atoms with Crippen LogP contribution in [0.15, 0.2) is 72.9 Å². The molecule has 3 aromatic rings. The molecule has 0 bridgehead atoms. The predicted octanol–water partition coefficient (Wildman–Crippen LogP) is 4.18. The fourth-order valence-electron chi connectivity index (χ4n) is 1.50. The van der Waals surface area contributed by atoms with Crippen LogP contribution in [0, 0.1) is 6.92 Å². The topological polar surface area (TPSA) is 12.9 Å². The Bertz CT molecular complexity index is 490. The van der Waals surface area contributed by atoms with Gasteiger partial charge in [0, 0.05) is 6.20 Å². The first kappa shape index (κ1) is 14.4. The molecule has 0 aliphatic heterocycles. The van der Waals surface area contributed by atoms with Crippen molar-refractivity contribution in [1.29, 1.82) is 0 Å². The molecule has 1 nitrogen and oxygen atoms in total. The average molecular weight is 277 g/mol. The first-order valence-electron chi connectivity index (χ1n) is 5.68. The summed E-state index contributed by atoms with van der Waals surface area (Å²) in [6.45, 7) is 2.04. The molecule has 92 valence electrons. The standard InChI is InChI=1S/C11H10N.C5H5.Fe/c1-9-6-7-11(12-8-9)10-4-2-3-5-10;1-2-4-5-3-1;/h2-8H,1H3;1-5H;/q2*-1;+2. The SMILES string of the molecule is Cc1ccc(-[c-]2cccc2)nc1.[Fe+2].c1cc[cH-]c1. The van der Waals surface area contributed by atoms with Crippen molar-refractivity contribution < 1.29 is 17.1 Å². The number of aryl methyl sites for hydroxylation is 1. The second kappa shape index (κ2) is 7.65. The zero-order valence-corrected chi connectivity index (χ0v) is 11.3. The van der Waals surface area contributed by atoms with Crippen LogP contribution in [-0.2, 0) is 17.1 Å². The minimum Gasteiger partial charge on any atom is -0.276 e. The van der Waals surface area contributed by atoms with E-state index in [9.17, 15) is 0 Å². The first-order valence-corrected chi connectivity index (χ1v) is 5.68. The summed E-state index contributed by atoms with van der Waals surface area (Å²) in [6, 6.07) is 22.3. The van der Waals surface area contributed by atoms with Gasteiger partial charge in [0.15, 0.2) is 0 Å². The van der Waals surface area contributed by atoms with Gasteiger partial charge in [-0.1, -0.05) is 11.6 Å². The van der Waals surface area contributed by atoms with E-state index < -0.39 is 0 Å². The van der Waals surface area contributed by atoms with Gasteiger partial charge in [-0.2, -0.15) is 30.3 Å². The molecule has 0 aliphatic rings. The van der Waals surface area contributed by atoms with Gasteiger partial charge in [0.25, 0.3) is 0 Å². The number of nitrogens with zero attached hydrogens (tertiary/aromatic N) is 1. The molecule has 0 amide bonds. The van der Waals surface area contributed by atoms with Gasteiger partial charge in [0.1, 0.15) is 0 Å². The van der Waals surface area contributed by atoms with Gasteiger partial charge in [0.2, 0.25) is 0 Å². The van der Waals surface area contributed by atoms with Crippen molar-refractivity contribution in [2.45, 2.75) is 6.92 Å². The number of pyridine rings is 1. The van der Waals surface area contributed by atoms with E-state index in [-0.39, 0.29) is 17.1 Å². The molecule has 2 heteroatoms. The number of rotatable bonds is 1. The Morgan fingerprint density at radius 2 is 1.67 bits per heavy atom. The second-order valence-electron chi connectivity index (χ2n) is 3.86. The molecule has 0 fully saturated rings. The predicted molar refractivity (Wildman–Crippen MR) is 72.0 cm³/mol. The molecule has 3 rings (SSSR count). The van der Waals surface area contributed by atoms with Crippen molar-refractivity contribution in [2.24, 2.45) is 0 Å². The van der Waals surface area contributed by atoms with E-state index in [0.29, 0.717) is 0 Å². The molecule has 0 saturated heterocycles. The Labute approximate surface area is 119 Å². The van der Waals surface area contributed by atoms with E-state index in [1.165, 1.54) is 11.1 Å². The van der Waals surface area contributed by atoms with Crippen LogP contribution in [0.1, 0.15) is 5.56 Å². The minimum absolute atomic E-state index is 0. The molecule has 0 saturated carbocycles. The fourth-order valence-corrected chi connectivity index (χ4v) is 1.50. The third kappa shape index (κ3) is 4.32. The Hall–Kier alpha value is -1.63. The quantitative estimate of drug-likeness (QED) is 0.480. The van der Waals surface area contributed by atoms with E-state index in [4.69, 9.17) is 0 Å². The van der Waals surface area contributed by atoms with Crippen LogP contribution in [0.5, 0.6) is 0 Å². The van der Waals surface area contributed by atoms with Crippen molar-refractivity contribution in [3.05, 3.63) is 78.5 Å².